The third-order valence-electron chi connectivity index (χ3n) is 2.99. The molecule has 0 radical (unpaired) electrons. The SMILES string of the molecule is O=C(Nc1ncn(Cc2ccc(Br)cc2)n1)c1cncc(Br)c1. The molecule has 6 nitrogen and oxygen atoms in total. The van der Waals surface area contributed by atoms with Crippen molar-refractivity contribution >= 4 is 43.7 Å². The number of pyridine rings is 1. The lowest BCUT2D eigenvalue weighted by molar-refractivity contribution is 0.102. The fourth-order valence-electron chi connectivity index (χ4n) is 1.91. The number of carbonyl (C=O) groups is 1. The van der Waals surface area contributed by atoms with Gasteiger partial charge in [-0.25, -0.2) is 9.67 Å². The first-order valence-electron chi connectivity index (χ1n) is 6.66. The van der Waals surface area contributed by atoms with E-state index in [0.717, 1.165) is 14.5 Å². The van der Waals surface area contributed by atoms with Crippen LogP contribution in [0.5, 0.6) is 0 Å². The van der Waals surface area contributed by atoms with Gasteiger partial charge in [-0.15, -0.1) is 5.10 Å². The zero-order chi connectivity index (χ0) is 16.2. The van der Waals surface area contributed by atoms with Crippen LogP contribution >= 0.6 is 31.9 Å². The lowest BCUT2D eigenvalue weighted by Crippen LogP contribution is -2.13. The molecule has 2 heterocycles. The monoisotopic (exact) mass is 435 g/mol. The van der Waals surface area contributed by atoms with Crippen molar-refractivity contribution in [1.29, 1.82) is 0 Å². The second-order valence-corrected chi connectivity index (χ2v) is 6.57. The van der Waals surface area contributed by atoms with Crippen molar-refractivity contribution in [3.8, 4) is 0 Å². The summed E-state index contributed by atoms with van der Waals surface area (Å²) in [6, 6.07) is 9.61. The first kappa shape index (κ1) is 15.8. The Balaban J connectivity index is 1.67. The fourth-order valence-corrected chi connectivity index (χ4v) is 2.54. The number of nitrogens with zero attached hydrogens (tertiary/aromatic N) is 4. The minimum atomic E-state index is -0.305. The number of hydrogen-bond acceptors (Lipinski definition) is 4. The van der Waals surface area contributed by atoms with Crippen LogP contribution in [0.4, 0.5) is 5.95 Å². The third-order valence-corrected chi connectivity index (χ3v) is 3.95. The molecule has 3 rings (SSSR count). The lowest BCUT2D eigenvalue weighted by atomic mass is 10.2. The first-order valence-corrected chi connectivity index (χ1v) is 8.24. The smallest absolute Gasteiger partial charge is 0.259 e. The van der Waals surface area contributed by atoms with Gasteiger partial charge in [0.05, 0.1) is 12.1 Å². The summed E-state index contributed by atoms with van der Waals surface area (Å²) in [5.41, 5.74) is 1.52. The number of amides is 1. The highest BCUT2D eigenvalue weighted by Gasteiger charge is 2.10. The molecule has 0 atom stereocenters. The molecule has 23 heavy (non-hydrogen) atoms. The van der Waals surface area contributed by atoms with Crippen LogP contribution in [-0.2, 0) is 6.54 Å². The quantitative estimate of drug-likeness (QED) is 0.679. The molecule has 2 aromatic heterocycles. The highest BCUT2D eigenvalue weighted by molar-refractivity contribution is 9.10. The van der Waals surface area contributed by atoms with Crippen LogP contribution in [-0.4, -0.2) is 25.7 Å². The summed E-state index contributed by atoms with van der Waals surface area (Å²) in [5, 5.41) is 6.90. The number of halogens is 2. The number of nitrogens with one attached hydrogen (secondary N) is 1. The van der Waals surface area contributed by atoms with E-state index in [4.69, 9.17) is 0 Å². The van der Waals surface area contributed by atoms with E-state index in [1.165, 1.54) is 6.20 Å². The van der Waals surface area contributed by atoms with Crippen LogP contribution in [0.3, 0.4) is 0 Å². The molecule has 0 saturated carbocycles. The van der Waals surface area contributed by atoms with Gasteiger partial charge in [0.25, 0.3) is 5.91 Å². The van der Waals surface area contributed by atoms with Gasteiger partial charge >= 0.3 is 0 Å². The molecule has 116 valence electrons. The van der Waals surface area contributed by atoms with Crippen LogP contribution < -0.4 is 5.32 Å². The summed E-state index contributed by atoms with van der Waals surface area (Å²) in [5.74, 6) is -0.0488. The van der Waals surface area contributed by atoms with E-state index in [-0.39, 0.29) is 11.9 Å². The molecule has 0 spiro atoms. The molecule has 8 heteroatoms. The molecule has 1 N–H and O–H groups in total. The Kier molecular flexibility index (Phi) is 4.82. The molecular formula is C15H11Br2N5O. The summed E-state index contributed by atoms with van der Waals surface area (Å²) in [6.07, 6.45) is 4.68. The largest absolute Gasteiger partial charge is 0.289 e. The van der Waals surface area contributed by atoms with E-state index in [2.05, 4.69) is 52.2 Å². The zero-order valence-corrected chi connectivity index (χ0v) is 15.0. The molecule has 0 aliphatic rings. The number of rotatable bonds is 4. The maximum Gasteiger partial charge on any atom is 0.259 e. The van der Waals surface area contributed by atoms with Crippen LogP contribution in [0.2, 0.25) is 0 Å². The summed E-state index contributed by atoms with van der Waals surface area (Å²) in [4.78, 5) is 20.2. The van der Waals surface area contributed by atoms with E-state index in [1.54, 1.807) is 23.3 Å². The minimum Gasteiger partial charge on any atom is -0.289 e. The molecule has 1 aromatic carbocycles. The highest BCUT2D eigenvalue weighted by Crippen LogP contribution is 2.13. The Labute approximate surface area is 149 Å². The molecular weight excluding hydrogens is 426 g/mol. The number of carbonyl (C=O) groups excluding carboxylic acids is 1. The summed E-state index contributed by atoms with van der Waals surface area (Å²) in [7, 11) is 0. The van der Waals surface area contributed by atoms with Gasteiger partial charge in [0.15, 0.2) is 0 Å². The van der Waals surface area contributed by atoms with Crippen LogP contribution in [0, 0.1) is 0 Å². The molecule has 0 unspecified atom stereocenters. The fraction of sp³-hybridized carbons (Fsp3) is 0.0667. The second-order valence-electron chi connectivity index (χ2n) is 4.74. The van der Waals surface area contributed by atoms with Crippen LogP contribution in [0.25, 0.3) is 0 Å². The van der Waals surface area contributed by atoms with Crippen molar-refractivity contribution < 1.29 is 4.79 Å². The van der Waals surface area contributed by atoms with E-state index >= 15 is 0 Å². The maximum absolute atomic E-state index is 12.1. The zero-order valence-electron chi connectivity index (χ0n) is 11.8. The van der Waals surface area contributed by atoms with Gasteiger partial charge in [-0.05, 0) is 39.7 Å². The number of aromatic nitrogens is 4. The molecule has 0 aliphatic heterocycles. The van der Waals surface area contributed by atoms with Crippen molar-refractivity contribution in [3.63, 3.8) is 0 Å². The van der Waals surface area contributed by atoms with Gasteiger partial charge < -0.3 is 0 Å². The standard InChI is InChI=1S/C15H11Br2N5O/c16-12-3-1-10(2-4-12)8-22-9-19-15(21-22)20-14(23)11-5-13(17)7-18-6-11/h1-7,9H,8H2,(H,20,21,23). The van der Waals surface area contributed by atoms with E-state index in [1.807, 2.05) is 24.3 Å². The predicted molar refractivity (Wildman–Crippen MR) is 93.2 cm³/mol. The highest BCUT2D eigenvalue weighted by atomic mass is 79.9. The van der Waals surface area contributed by atoms with E-state index in [9.17, 15) is 4.79 Å². The van der Waals surface area contributed by atoms with Gasteiger partial charge in [0.2, 0.25) is 5.95 Å². The molecule has 3 aromatic rings. The van der Waals surface area contributed by atoms with Gasteiger partial charge in [0, 0.05) is 21.3 Å². The Morgan fingerprint density at radius 1 is 1.13 bits per heavy atom. The molecule has 0 fully saturated rings. The number of anilines is 1. The van der Waals surface area contributed by atoms with Gasteiger partial charge in [0.1, 0.15) is 6.33 Å². The maximum atomic E-state index is 12.1. The van der Waals surface area contributed by atoms with Crippen LogP contribution in [0.15, 0.2) is 58.0 Å². The minimum absolute atomic E-state index is 0.257. The molecule has 1 amide bonds. The van der Waals surface area contributed by atoms with E-state index in [0.29, 0.717) is 12.1 Å². The van der Waals surface area contributed by atoms with E-state index < -0.39 is 0 Å². The Bertz CT molecular complexity index is 832. The van der Waals surface area contributed by atoms with Gasteiger partial charge in [-0.2, -0.15) is 0 Å². The van der Waals surface area contributed by atoms with Crippen LogP contribution in [0.1, 0.15) is 15.9 Å². The second kappa shape index (κ2) is 7.01. The predicted octanol–water partition coefficient (Wildman–Crippen LogP) is 3.50. The third kappa shape index (κ3) is 4.23. The normalized spacial score (nSPS) is 10.5. The Morgan fingerprint density at radius 2 is 1.91 bits per heavy atom. The van der Waals surface area contributed by atoms with Crippen molar-refractivity contribution in [2.75, 3.05) is 5.32 Å². The summed E-state index contributed by atoms with van der Waals surface area (Å²) < 4.78 is 3.42. The topological polar surface area (TPSA) is 72.7 Å². The molecule has 0 bridgehead atoms. The Morgan fingerprint density at radius 3 is 2.65 bits per heavy atom. The van der Waals surface area contributed by atoms with Gasteiger partial charge in [-0.3, -0.25) is 15.1 Å². The Hall–Kier alpha value is -2.06. The van der Waals surface area contributed by atoms with Crippen molar-refractivity contribution in [1.82, 2.24) is 19.7 Å². The van der Waals surface area contributed by atoms with Crippen molar-refractivity contribution in [3.05, 3.63) is 69.1 Å². The summed E-state index contributed by atoms with van der Waals surface area (Å²) >= 11 is 6.68. The number of benzene rings is 1. The average Bonchev–Trinajstić information content (AvgIpc) is 2.96. The lowest BCUT2D eigenvalue weighted by Gasteiger charge is -2.02. The average molecular weight is 437 g/mol. The summed E-state index contributed by atoms with van der Waals surface area (Å²) in [6.45, 7) is 0.578. The first-order chi connectivity index (χ1) is 11.1. The van der Waals surface area contributed by atoms with Crippen molar-refractivity contribution in [2.24, 2.45) is 0 Å². The number of hydrogen-bond donors (Lipinski definition) is 1. The van der Waals surface area contributed by atoms with Crippen molar-refractivity contribution in [2.45, 2.75) is 6.54 Å². The molecule has 0 aliphatic carbocycles. The van der Waals surface area contributed by atoms with Gasteiger partial charge in [-0.1, -0.05) is 28.1 Å². The molecule has 0 saturated heterocycles.